The molecule has 0 saturated carbocycles. The van der Waals surface area contributed by atoms with Crippen LogP contribution >= 0.6 is 12.4 Å². The largest absolute Gasteiger partial charge is 0.339 e. The first kappa shape index (κ1) is 19.5. The molecule has 3 heterocycles. The maximum absolute atomic E-state index is 12.7. The van der Waals surface area contributed by atoms with Crippen molar-refractivity contribution in [2.24, 2.45) is 5.92 Å². The first-order chi connectivity index (χ1) is 11.1. The van der Waals surface area contributed by atoms with Crippen molar-refractivity contribution in [3.63, 3.8) is 0 Å². The SMILES string of the molecule is C[C@H]1C[C@@H](C(=O)N2CCN(C(=O)C3CCCN3C)CC2)CCN1.Cl. The van der Waals surface area contributed by atoms with E-state index in [1.54, 1.807) is 0 Å². The van der Waals surface area contributed by atoms with Crippen LogP contribution in [-0.4, -0.2) is 84.9 Å². The number of likely N-dealkylation sites (tertiary alicyclic amines) is 1. The second-order valence-electron chi connectivity index (χ2n) is 7.37. The number of halogens is 1. The third kappa shape index (κ3) is 4.21. The highest BCUT2D eigenvalue weighted by Crippen LogP contribution is 2.21. The van der Waals surface area contributed by atoms with E-state index in [1.807, 2.05) is 16.8 Å². The van der Waals surface area contributed by atoms with Gasteiger partial charge in [0, 0.05) is 38.1 Å². The van der Waals surface area contributed by atoms with Crippen molar-refractivity contribution in [1.29, 1.82) is 0 Å². The molecule has 0 aliphatic carbocycles. The van der Waals surface area contributed by atoms with Crippen LogP contribution in [0.25, 0.3) is 0 Å². The van der Waals surface area contributed by atoms with E-state index >= 15 is 0 Å². The lowest BCUT2D eigenvalue weighted by Gasteiger charge is -2.39. The highest BCUT2D eigenvalue weighted by Gasteiger charge is 2.35. The Labute approximate surface area is 151 Å². The molecule has 138 valence electrons. The number of rotatable bonds is 2. The highest BCUT2D eigenvalue weighted by atomic mass is 35.5. The molecule has 1 unspecified atom stereocenters. The number of nitrogens with one attached hydrogen (secondary N) is 1. The number of piperidine rings is 1. The molecule has 3 saturated heterocycles. The number of likely N-dealkylation sites (N-methyl/N-ethyl adjacent to an activating group) is 1. The molecular weight excluding hydrogens is 328 g/mol. The van der Waals surface area contributed by atoms with Crippen molar-refractivity contribution >= 4 is 24.2 Å². The molecule has 3 rings (SSSR count). The van der Waals surface area contributed by atoms with Gasteiger partial charge in [0.25, 0.3) is 0 Å². The van der Waals surface area contributed by atoms with Crippen molar-refractivity contribution < 1.29 is 9.59 Å². The van der Waals surface area contributed by atoms with E-state index in [4.69, 9.17) is 0 Å². The Hall–Kier alpha value is -0.850. The summed E-state index contributed by atoms with van der Waals surface area (Å²) in [6.45, 7) is 6.87. The fourth-order valence-electron chi connectivity index (χ4n) is 4.19. The number of carbonyl (C=O) groups is 2. The minimum absolute atomic E-state index is 0. The number of nitrogens with zero attached hydrogens (tertiary/aromatic N) is 3. The van der Waals surface area contributed by atoms with Gasteiger partial charge < -0.3 is 15.1 Å². The fourth-order valence-corrected chi connectivity index (χ4v) is 4.19. The molecule has 24 heavy (non-hydrogen) atoms. The van der Waals surface area contributed by atoms with Gasteiger partial charge in [-0.1, -0.05) is 0 Å². The molecule has 0 radical (unpaired) electrons. The minimum atomic E-state index is 0. The van der Waals surface area contributed by atoms with Gasteiger partial charge in [0.2, 0.25) is 11.8 Å². The molecule has 3 aliphatic rings. The van der Waals surface area contributed by atoms with Crippen LogP contribution in [-0.2, 0) is 9.59 Å². The quantitative estimate of drug-likeness (QED) is 0.783. The average Bonchev–Trinajstić information content (AvgIpc) is 3.00. The maximum Gasteiger partial charge on any atom is 0.240 e. The van der Waals surface area contributed by atoms with E-state index in [0.29, 0.717) is 38.1 Å². The second-order valence-corrected chi connectivity index (χ2v) is 7.37. The Morgan fingerprint density at radius 3 is 2.12 bits per heavy atom. The molecule has 3 fully saturated rings. The standard InChI is InChI=1S/C17H30N4O2.ClH/c1-13-12-14(5-6-18-13)16(22)20-8-10-21(11-9-20)17(23)15-4-3-7-19(15)2;/h13-15,18H,3-12H2,1-2H3;1H/t13-,14-,15?;/m0./s1. The van der Waals surface area contributed by atoms with Crippen molar-refractivity contribution in [2.45, 2.75) is 44.7 Å². The van der Waals surface area contributed by atoms with Gasteiger partial charge in [-0.2, -0.15) is 0 Å². The van der Waals surface area contributed by atoms with Crippen LogP contribution in [0, 0.1) is 5.92 Å². The minimum Gasteiger partial charge on any atom is -0.339 e. The van der Waals surface area contributed by atoms with E-state index in [2.05, 4.69) is 17.1 Å². The molecule has 3 atom stereocenters. The third-order valence-electron chi connectivity index (χ3n) is 5.68. The molecule has 1 N–H and O–H groups in total. The molecule has 0 aromatic rings. The van der Waals surface area contributed by atoms with Crippen molar-refractivity contribution in [3.05, 3.63) is 0 Å². The van der Waals surface area contributed by atoms with Crippen LogP contribution in [0.5, 0.6) is 0 Å². The molecule has 3 aliphatic heterocycles. The smallest absolute Gasteiger partial charge is 0.240 e. The summed E-state index contributed by atoms with van der Waals surface area (Å²) in [4.78, 5) is 31.4. The summed E-state index contributed by atoms with van der Waals surface area (Å²) in [5.74, 6) is 0.713. The zero-order valence-corrected chi connectivity index (χ0v) is 15.7. The van der Waals surface area contributed by atoms with Gasteiger partial charge in [0.05, 0.1) is 6.04 Å². The second kappa shape index (κ2) is 8.50. The van der Waals surface area contributed by atoms with E-state index in [-0.39, 0.29) is 30.3 Å². The summed E-state index contributed by atoms with van der Waals surface area (Å²) in [5.41, 5.74) is 0. The Morgan fingerprint density at radius 1 is 0.958 bits per heavy atom. The fraction of sp³-hybridized carbons (Fsp3) is 0.882. The number of carbonyl (C=O) groups excluding carboxylic acids is 2. The van der Waals surface area contributed by atoms with Crippen LogP contribution in [0.4, 0.5) is 0 Å². The number of piperazine rings is 1. The van der Waals surface area contributed by atoms with Crippen molar-refractivity contribution in [2.75, 3.05) is 46.3 Å². The molecule has 0 spiro atoms. The molecule has 0 aromatic carbocycles. The molecule has 7 heteroatoms. The highest BCUT2D eigenvalue weighted by molar-refractivity contribution is 5.85. The summed E-state index contributed by atoms with van der Waals surface area (Å²) in [6, 6.07) is 0.487. The van der Waals surface area contributed by atoms with Crippen LogP contribution in [0.2, 0.25) is 0 Å². The Morgan fingerprint density at radius 2 is 1.58 bits per heavy atom. The van der Waals surface area contributed by atoms with Crippen LogP contribution < -0.4 is 5.32 Å². The summed E-state index contributed by atoms with van der Waals surface area (Å²) in [7, 11) is 2.04. The average molecular weight is 359 g/mol. The number of amides is 2. The summed E-state index contributed by atoms with van der Waals surface area (Å²) in [6.07, 6.45) is 3.96. The van der Waals surface area contributed by atoms with Crippen molar-refractivity contribution in [1.82, 2.24) is 20.0 Å². The third-order valence-corrected chi connectivity index (χ3v) is 5.68. The summed E-state index contributed by atoms with van der Waals surface area (Å²) in [5, 5.41) is 3.40. The van der Waals surface area contributed by atoms with E-state index in [0.717, 1.165) is 38.8 Å². The van der Waals surface area contributed by atoms with Crippen LogP contribution in [0.3, 0.4) is 0 Å². The van der Waals surface area contributed by atoms with E-state index in [1.165, 1.54) is 0 Å². The van der Waals surface area contributed by atoms with Gasteiger partial charge in [-0.15, -0.1) is 12.4 Å². The Kier molecular flexibility index (Phi) is 6.89. The molecule has 0 bridgehead atoms. The van der Waals surface area contributed by atoms with Gasteiger partial charge in [0.1, 0.15) is 0 Å². The lowest BCUT2D eigenvalue weighted by molar-refractivity contribution is -0.144. The van der Waals surface area contributed by atoms with Gasteiger partial charge in [-0.05, 0) is 52.7 Å². The molecule has 2 amide bonds. The number of hydrogen-bond acceptors (Lipinski definition) is 4. The van der Waals surface area contributed by atoms with Gasteiger partial charge in [0.15, 0.2) is 0 Å². The monoisotopic (exact) mass is 358 g/mol. The topological polar surface area (TPSA) is 55.9 Å². The van der Waals surface area contributed by atoms with Gasteiger partial charge >= 0.3 is 0 Å². The first-order valence-electron chi connectivity index (χ1n) is 9.07. The first-order valence-corrected chi connectivity index (χ1v) is 9.07. The maximum atomic E-state index is 12.7. The molecule has 6 nitrogen and oxygen atoms in total. The van der Waals surface area contributed by atoms with Crippen molar-refractivity contribution in [3.8, 4) is 0 Å². The normalized spacial score (nSPS) is 31.7. The number of hydrogen-bond donors (Lipinski definition) is 1. The lowest BCUT2D eigenvalue weighted by atomic mass is 9.92. The Bertz CT molecular complexity index is 454. The van der Waals surface area contributed by atoms with E-state index < -0.39 is 0 Å². The zero-order chi connectivity index (χ0) is 16.4. The molecular formula is C17H31ClN4O2. The van der Waals surface area contributed by atoms with Gasteiger partial charge in [-0.3, -0.25) is 14.5 Å². The summed E-state index contributed by atoms with van der Waals surface area (Å²) < 4.78 is 0. The lowest BCUT2D eigenvalue weighted by Crippen LogP contribution is -2.55. The predicted molar refractivity (Wildman–Crippen MR) is 96.2 cm³/mol. The van der Waals surface area contributed by atoms with Crippen LogP contribution in [0.1, 0.15) is 32.6 Å². The molecule has 0 aromatic heterocycles. The Balaban J connectivity index is 0.00000208. The predicted octanol–water partition coefficient (Wildman–Crippen LogP) is 0.561. The summed E-state index contributed by atoms with van der Waals surface area (Å²) >= 11 is 0. The zero-order valence-electron chi connectivity index (χ0n) is 14.9. The van der Waals surface area contributed by atoms with E-state index in [9.17, 15) is 9.59 Å². The van der Waals surface area contributed by atoms with Gasteiger partial charge in [-0.25, -0.2) is 0 Å². The van der Waals surface area contributed by atoms with Crippen LogP contribution in [0.15, 0.2) is 0 Å².